The van der Waals surface area contributed by atoms with Crippen molar-refractivity contribution in [1.29, 1.82) is 0 Å². The molecule has 2 aromatic rings. The minimum absolute atomic E-state index is 0.0243. The largest absolute Gasteiger partial charge is 0.611 e. The fourth-order valence-electron chi connectivity index (χ4n) is 3.53. The van der Waals surface area contributed by atoms with Crippen LogP contribution in [0.25, 0.3) is 0 Å². The average molecular weight is 490 g/mol. The zero-order valence-electron chi connectivity index (χ0n) is 18.2. The van der Waals surface area contributed by atoms with E-state index in [0.29, 0.717) is 31.9 Å². The maximum absolute atomic E-state index is 13.0. The third-order valence-electron chi connectivity index (χ3n) is 5.17. The number of non-ortho nitro benzene ring substituents is 1. The van der Waals surface area contributed by atoms with Gasteiger partial charge in [0.25, 0.3) is 11.6 Å². The predicted molar refractivity (Wildman–Crippen MR) is 122 cm³/mol. The van der Waals surface area contributed by atoms with Crippen molar-refractivity contribution in [2.45, 2.75) is 11.8 Å². The predicted octanol–water partition coefficient (Wildman–Crippen LogP) is 2.14. The van der Waals surface area contributed by atoms with Gasteiger partial charge in [-0.15, -0.1) is 0 Å². The number of nitro groups is 2. The summed E-state index contributed by atoms with van der Waals surface area (Å²) < 4.78 is 17.2. The summed E-state index contributed by atoms with van der Waals surface area (Å²) in [5, 5.41) is 22.5. The van der Waals surface area contributed by atoms with Crippen LogP contribution in [0, 0.1) is 20.2 Å². The standard InChI is InChI=1S/C21H22N4O8S/c1-2-33-20(26)14-34(32)19-7-6-15(12-18(19)25(30)31)21(27)23-10-8-22(9-11-23)16-4-3-5-17(13-16)24(28)29/h3-7,12-13H,2,8-11,14H2,1H3. The molecule has 0 saturated carbocycles. The number of rotatable bonds is 8. The van der Waals surface area contributed by atoms with Gasteiger partial charge in [0.15, 0.2) is 0 Å². The lowest BCUT2D eigenvalue weighted by Gasteiger charge is -2.36. The zero-order chi connectivity index (χ0) is 24.8. The first-order chi connectivity index (χ1) is 16.2. The highest BCUT2D eigenvalue weighted by Gasteiger charge is 2.30. The molecular weight excluding hydrogens is 468 g/mol. The van der Waals surface area contributed by atoms with Gasteiger partial charge in [-0.3, -0.25) is 25.0 Å². The monoisotopic (exact) mass is 490 g/mol. The number of nitro benzene ring substituents is 2. The van der Waals surface area contributed by atoms with Crippen LogP contribution in [0.5, 0.6) is 0 Å². The van der Waals surface area contributed by atoms with Crippen LogP contribution in [-0.2, 0) is 20.7 Å². The van der Waals surface area contributed by atoms with E-state index in [1.54, 1.807) is 19.1 Å². The van der Waals surface area contributed by atoms with E-state index in [1.807, 2.05) is 4.90 Å². The molecule has 0 aliphatic carbocycles. The lowest BCUT2D eigenvalue weighted by atomic mass is 10.1. The van der Waals surface area contributed by atoms with Gasteiger partial charge >= 0.3 is 11.7 Å². The summed E-state index contributed by atoms with van der Waals surface area (Å²) >= 11 is -2.00. The van der Waals surface area contributed by atoms with Crippen molar-refractivity contribution in [3.63, 3.8) is 0 Å². The van der Waals surface area contributed by atoms with Gasteiger partial charge in [-0.1, -0.05) is 6.07 Å². The zero-order valence-corrected chi connectivity index (χ0v) is 19.1. The topological polar surface area (TPSA) is 159 Å². The van der Waals surface area contributed by atoms with Gasteiger partial charge in [-0.05, 0) is 19.1 Å². The molecule has 0 N–H and O–H groups in total. The van der Waals surface area contributed by atoms with Gasteiger partial charge in [-0.25, -0.2) is 4.79 Å². The third kappa shape index (κ3) is 5.80. The summed E-state index contributed by atoms with van der Waals surface area (Å²) in [4.78, 5) is 49.2. The van der Waals surface area contributed by atoms with Crippen molar-refractivity contribution in [1.82, 2.24) is 4.90 Å². The number of ether oxygens (including phenoxy) is 1. The van der Waals surface area contributed by atoms with Crippen LogP contribution in [0.1, 0.15) is 17.3 Å². The molecule has 1 aliphatic rings. The molecule has 2 aromatic carbocycles. The number of carbonyl (C=O) groups excluding carboxylic acids is 2. The van der Waals surface area contributed by atoms with E-state index in [4.69, 9.17) is 4.74 Å². The Morgan fingerprint density at radius 1 is 1.03 bits per heavy atom. The Morgan fingerprint density at radius 2 is 1.74 bits per heavy atom. The molecule has 34 heavy (non-hydrogen) atoms. The molecule has 1 saturated heterocycles. The number of hydrogen-bond donors (Lipinski definition) is 0. The fraction of sp³-hybridized carbons (Fsp3) is 0.333. The van der Waals surface area contributed by atoms with E-state index in [1.165, 1.54) is 29.2 Å². The molecule has 1 fully saturated rings. The van der Waals surface area contributed by atoms with Crippen molar-refractivity contribution >= 4 is 40.1 Å². The highest BCUT2D eigenvalue weighted by atomic mass is 32.2. The van der Waals surface area contributed by atoms with Gasteiger partial charge in [-0.2, -0.15) is 0 Å². The molecule has 0 bridgehead atoms. The molecule has 12 nitrogen and oxygen atoms in total. The SMILES string of the molecule is CCOC(=O)C[S+]([O-])c1ccc(C(=O)N2CCN(c3cccc([N+](=O)[O-])c3)CC2)cc1[N+](=O)[O-]. The number of amides is 1. The lowest BCUT2D eigenvalue weighted by Crippen LogP contribution is -2.48. The highest BCUT2D eigenvalue weighted by molar-refractivity contribution is 7.92. The summed E-state index contributed by atoms with van der Waals surface area (Å²) in [5.74, 6) is -1.69. The van der Waals surface area contributed by atoms with Crippen LogP contribution in [-0.4, -0.2) is 69.7 Å². The minimum atomic E-state index is -2.00. The Bertz CT molecular complexity index is 1100. The summed E-state index contributed by atoms with van der Waals surface area (Å²) in [6.45, 7) is 3.16. The van der Waals surface area contributed by atoms with E-state index in [-0.39, 0.29) is 22.8 Å². The van der Waals surface area contributed by atoms with Crippen LogP contribution in [0.4, 0.5) is 17.1 Å². The van der Waals surface area contributed by atoms with E-state index in [0.717, 1.165) is 6.07 Å². The van der Waals surface area contributed by atoms with Crippen molar-refractivity contribution in [2.75, 3.05) is 43.4 Å². The fourth-order valence-corrected chi connectivity index (χ4v) is 4.57. The molecule has 13 heteroatoms. The summed E-state index contributed by atoms with van der Waals surface area (Å²) in [7, 11) is 0. The summed E-state index contributed by atoms with van der Waals surface area (Å²) in [6, 6.07) is 9.85. The second-order valence-electron chi connectivity index (χ2n) is 7.29. The number of carbonyl (C=O) groups is 2. The molecule has 1 atom stereocenters. The van der Waals surface area contributed by atoms with Gasteiger partial charge in [0.2, 0.25) is 10.6 Å². The molecule has 1 unspecified atom stereocenters. The summed E-state index contributed by atoms with van der Waals surface area (Å²) in [5.41, 5.74) is 0.199. The Hall–Kier alpha value is -3.71. The first kappa shape index (κ1) is 24.9. The smallest absolute Gasteiger partial charge is 0.356 e. The minimum Gasteiger partial charge on any atom is -0.611 e. The first-order valence-electron chi connectivity index (χ1n) is 10.3. The van der Waals surface area contributed by atoms with Gasteiger partial charge in [0.05, 0.1) is 16.5 Å². The summed E-state index contributed by atoms with van der Waals surface area (Å²) in [6.07, 6.45) is 0. The Balaban J connectivity index is 1.71. The Morgan fingerprint density at radius 3 is 2.35 bits per heavy atom. The first-order valence-corrected chi connectivity index (χ1v) is 11.6. The maximum Gasteiger partial charge on any atom is 0.356 e. The average Bonchev–Trinajstić information content (AvgIpc) is 2.83. The van der Waals surface area contributed by atoms with Gasteiger partial charge < -0.3 is 19.1 Å². The van der Waals surface area contributed by atoms with Crippen LogP contribution in [0.3, 0.4) is 0 Å². The number of benzene rings is 2. The van der Waals surface area contributed by atoms with E-state index >= 15 is 0 Å². The van der Waals surface area contributed by atoms with E-state index in [9.17, 15) is 34.4 Å². The number of nitrogens with zero attached hydrogens (tertiary/aromatic N) is 4. The Kier molecular flexibility index (Phi) is 8.02. The third-order valence-corrected chi connectivity index (χ3v) is 6.51. The number of hydrogen-bond acceptors (Lipinski definition) is 9. The van der Waals surface area contributed by atoms with Crippen molar-refractivity contribution < 1.29 is 28.7 Å². The van der Waals surface area contributed by atoms with Crippen molar-refractivity contribution in [3.8, 4) is 0 Å². The number of piperazine rings is 1. The second kappa shape index (κ2) is 10.9. The van der Waals surface area contributed by atoms with E-state index < -0.39 is 44.3 Å². The molecule has 0 radical (unpaired) electrons. The molecule has 180 valence electrons. The van der Waals surface area contributed by atoms with E-state index in [2.05, 4.69) is 0 Å². The highest BCUT2D eigenvalue weighted by Crippen LogP contribution is 2.28. The molecule has 1 heterocycles. The van der Waals surface area contributed by atoms with Gasteiger partial charge in [0, 0.05) is 72.9 Å². The number of anilines is 1. The molecular formula is C21H22N4O8S. The second-order valence-corrected chi connectivity index (χ2v) is 8.71. The molecule has 0 spiro atoms. The molecule has 1 aliphatic heterocycles. The van der Waals surface area contributed by atoms with Crippen LogP contribution < -0.4 is 4.90 Å². The van der Waals surface area contributed by atoms with Crippen molar-refractivity contribution in [3.05, 3.63) is 68.3 Å². The van der Waals surface area contributed by atoms with Crippen LogP contribution >= 0.6 is 0 Å². The molecule has 1 amide bonds. The normalized spacial score (nSPS) is 14.4. The maximum atomic E-state index is 13.0. The quantitative estimate of drug-likeness (QED) is 0.234. The molecule has 3 rings (SSSR count). The van der Waals surface area contributed by atoms with Crippen molar-refractivity contribution in [2.24, 2.45) is 0 Å². The van der Waals surface area contributed by atoms with Gasteiger partial charge in [0.1, 0.15) is 0 Å². The lowest BCUT2D eigenvalue weighted by molar-refractivity contribution is -0.387. The van der Waals surface area contributed by atoms with Crippen LogP contribution in [0.15, 0.2) is 47.4 Å². The Labute approximate surface area is 197 Å². The molecule has 0 aromatic heterocycles. The van der Waals surface area contributed by atoms with Crippen LogP contribution in [0.2, 0.25) is 0 Å². The number of esters is 1.